The molecule has 3 rings (SSSR count). The Bertz CT molecular complexity index is 890. The first kappa shape index (κ1) is 15.6. The van der Waals surface area contributed by atoms with Crippen molar-refractivity contribution in [1.29, 1.82) is 0 Å². The third-order valence-electron chi connectivity index (χ3n) is 3.41. The molecule has 0 aliphatic heterocycles. The molecular formula is C20H16N2O2. The molecule has 0 spiro atoms. The minimum atomic E-state index is -0.479. The van der Waals surface area contributed by atoms with E-state index in [1.165, 1.54) is 0 Å². The Labute approximate surface area is 140 Å². The van der Waals surface area contributed by atoms with Crippen molar-refractivity contribution in [2.24, 2.45) is 0 Å². The lowest BCUT2D eigenvalue weighted by Crippen LogP contribution is -2.24. The van der Waals surface area contributed by atoms with Gasteiger partial charge in [-0.2, -0.15) is 0 Å². The van der Waals surface area contributed by atoms with Crippen LogP contribution < -0.4 is 5.32 Å². The highest BCUT2D eigenvalue weighted by Crippen LogP contribution is 2.14. The third-order valence-corrected chi connectivity index (χ3v) is 3.41. The molecule has 0 bridgehead atoms. The van der Waals surface area contributed by atoms with Gasteiger partial charge in [-0.15, -0.1) is 0 Å². The molecule has 1 heterocycles. The lowest BCUT2D eigenvalue weighted by molar-refractivity contribution is 0.141. The first-order valence-electron chi connectivity index (χ1n) is 7.60. The number of aromatic nitrogens is 1. The fourth-order valence-corrected chi connectivity index (χ4v) is 2.23. The normalized spacial score (nSPS) is 9.83. The summed E-state index contributed by atoms with van der Waals surface area (Å²) in [5, 5.41) is 3.62. The maximum Gasteiger partial charge on any atom is 0.408 e. The average Bonchev–Trinajstić information content (AvgIpc) is 2.64. The molecule has 0 radical (unpaired) electrons. The Balaban J connectivity index is 1.53. The number of hydrogen-bond donors (Lipinski definition) is 1. The number of ether oxygens (including phenoxy) is 1. The molecule has 2 aromatic carbocycles. The Morgan fingerprint density at radius 3 is 2.71 bits per heavy atom. The van der Waals surface area contributed by atoms with Gasteiger partial charge in [-0.25, -0.2) is 4.79 Å². The average molecular weight is 316 g/mol. The van der Waals surface area contributed by atoms with E-state index >= 15 is 0 Å². The number of pyridine rings is 1. The number of nitrogens with zero attached hydrogens (tertiary/aromatic N) is 1. The minimum Gasteiger partial charge on any atom is -0.445 e. The SMILES string of the molecule is O=C(NCC#Cc1ccnc2ccccc12)OCc1ccccc1. The summed E-state index contributed by atoms with van der Waals surface area (Å²) in [7, 11) is 0. The summed E-state index contributed by atoms with van der Waals surface area (Å²) < 4.78 is 5.12. The maximum atomic E-state index is 11.6. The summed E-state index contributed by atoms with van der Waals surface area (Å²) in [6, 6.07) is 19.2. The van der Waals surface area contributed by atoms with Crippen molar-refractivity contribution in [2.45, 2.75) is 6.61 Å². The van der Waals surface area contributed by atoms with Crippen LogP contribution in [0.5, 0.6) is 0 Å². The quantitative estimate of drug-likeness (QED) is 0.752. The van der Waals surface area contributed by atoms with Gasteiger partial charge in [-0.1, -0.05) is 60.4 Å². The van der Waals surface area contributed by atoms with E-state index in [0.717, 1.165) is 22.0 Å². The van der Waals surface area contributed by atoms with E-state index < -0.39 is 6.09 Å². The van der Waals surface area contributed by atoms with Crippen LogP contribution in [-0.4, -0.2) is 17.6 Å². The van der Waals surface area contributed by atoms with Crippen LogP contribution in [0.15, 0.2) is 66.9 Å². The van der Waals surface area contributed by atoms with Crippen LogP contribution in [-0.2, 0) is 11.3 Å². The van der Waals surface area contributed by atoms with E-state index in [1.54, 1.807) is 6.20 Å². The molecule has 0 unspecified atom stereocenters. The van der Waals surface area contributed by atoms with Crippen LogP contribution >= 0.6 is 0 Å². The number of fused-ring (bicyclic) bond motifs is 1. The number of rotatable bonds is 3. The molecular weight excluding hydrogens is 300 g/mol. The van der Waals surface area contributed by atoms with Crippen molar-refractivity contribution in [2.75, 3.05) is 6.54 Å². The number of alkyl carbamates (subject to hydrolysis) is 1. The largest absolute Gasteiger partial charge is 0.445 e. The predicted octanol–water partition coefficient (Wildman–Crippen LogP) is 3.51. The van der Waals surface area contributed by atoms with Crippen LogP contribution in [0, 0.1) is 11.8 Å². The molecule has 0 aliphatic carbocycles. The van der Waals surface area contributed by atoms with Gasteiger partial charge in [0.2, 0.25) is 0 Å². The van der Waals surface area contributed by atoms with Gasteiger partial charge in [0.25, 0.3) is 0 Å². The number of benzene rings is 2. The van der Waals surface area contributed by atoms with Crippen LogP contribution in [0.2, 0.25) is 0 Å². The second-order valence-corrected chi connectivity index (χ2v) is 5.09. The summed E-state index contributed by atoms with van der Waals surface area (Å²) in [6.07, 6.45) is 1.25. The summed E-state index contributed by atoms with van der Waals surface area (Å²) in [5.41, 5.74) is 2.74. The molecule has 0 atom stereocenters. The predicted molar refractivity (Wildman–Crippen MR) is 93.3 cm³/mol. The number of carbonyl (C=O) groups excluding carboxylic acids is 1. The molecule has 1 aromatic heterocycles. The number of hydrogen-bond acceptors (Lipinski definition) is 3. The van der Waals surface area contributed by atoms with Gasteiger partial charge in [0.15, 0.2) is 0 Å². The number of para-hydroxylation sites is 1. The Morgan fingerprint density at radius 1 is 1.04 bits per heavy atom. The molecule has 0 saturated carbocycles. The lowest BCUT2D eigenvalue weighted by Gasteiger charge is -2.04. The van der Waals surface area contributed by atoms with E-state index in [-0.39, 0.29) is 13.2 Å². The maximum absolute atomic E-state index is 11.6. The smallest absolute Gasteiger partial charge is 0.408 e. The summed E-state index contributed by atoms with van der Waals surface area (Å²) >= 11 is 0. The summed E-state index contributed by atoms with van der Waals surface area (Å²) in [4.78, 5) is 15.9. The fraction of sp³-hybridized carbons (Fsp3) is 0.100. The van der Waals surface area contributed by atoms with E-state index in [0.29, 0.717) is 0 Å². The first-order valence-corrected chi connectivity index (χ1v) is 7.60. The Kier molecular flexibility index (Phi) is 5.06. The highest BCUT2D eigenvalue weighted by atomic mass is 16.5. The molecule has 4 nitrogen and oxygen atoms in total. The second-order valence-electron chi connectivity index (χ2n) is 5.09. The highest BCUT2D eigenvalue weighted by molar-refractivity contribution is 5.84. The molecule has 0 saturated heterocycles. The van der Waals surface area contributed by atoms with Crippen molar-refractivity contribution < 1.29 is 9.53 Å². The minimum absolute atomic E-state index is 0.226. The first-order chi connectivity index (χ1) is 11.8. The molecule has 4 heteroatoms. The second kappa shape index (κ2) is 7.80. The van der Waals surface area contributed by atoms with Gasteiger partial charge in [0.05, 0.1) is 12.1 Å². The van der Waals surface area contributed by atoms with E-state index in [4.69, 9.17) is 4.74 Å². The van der Waals surface area contributed by atoms with E-state index in [9.17, 15) is 4.79 Å². The Hall–Kier alpha value is -3.32. The number of carbonyl (C=O) groups is 1. The monoisotopic (exact) mass is 316 g/mol. The summed E-state index contributed by atoms with van der Waals surface area (Å²) in [5.74, 6) is 5.99. The Morgan fingerprint density at radius 2 is 1.83 bits per heavy atom. The van der Waals surface area contributed by atoms with Crippen LogP contribution in [0.25, 0.3) is 10.9 Å². The third kappa shape index (κ3) is 4.11. The highest BCUT2D eigenvalue weighted by Gasteiger charge is 2.00. The summed E-state index contributed by atoms with van der Waals surface area (Å²) in [6.45, 7) is 0.472. The molecule has 118 valence electrons. The van der Waals surface area contributed by atoms with Gasteiger partial charge in [0, 0.05) is 17.1 Å². The van der Waals surface area contributed by atoms with Crippen molar-refractivity contribution in [3.8, 4) is 11.8 Å². The van der Waals surface area contributed by atoms with Crippen LogP contribution in [0.3, 0.4) is 0 Å². The van der Waals surface area contributed by atoms with Gasteiger partial charge in [-0.3, -0.25) is 4.98 Å². The van der Waals surface area contributed by atoms with Gasteiger partial charge >= 0.3 is 6.09 Å². The van der Waals surface area contributed by atoms with Crippen LogP contribution in [0.4, 0.5) is 4.79 Å². The molecule has 1 N–H and O–H groups in total. The van der Waals surface area contributed by atoms with Crippen molar-refractivity contribution in [1.82, 2.24) is 10.3 Å². The van der Waals surface area contributed by atoms with Crippen molar-refractivity contribution in [3.63, 3.8) is 0 Å². The zero-order chi connectivity index (χ0) is 16.6. The van der Waals surface area contributed by atoms with Crippen molar-refractivity contribution in [3.05, 3.63) is 78.0 Å². The fourth-order valence-electron chi connectivity index (χ4n) is 2.23. The lowest BCUT2D eigenvalue weighted by atomic mass is 10.1. The molecule has 3 aromatic rings. The zero-order valence-corrected chi connectivity index (χ0v) is 13.0. The number of amides is 1. The standard InChI is InChI=1S/C20H16N2O2/c23-20(24-15-16-7-2-1-3-8-16)22-13-6-9-17-12-14-21-19-11-5-4-10-18(17)19/h1-5,7-8,10-12,14H,13,15H2,(H,22,23). The van der Waals surface area contributed by atoms with Crippen molar-refractivity contribution >= 4 is 17.0 Å². The topological polar surface area (TPSA) is 51.2 Å². The molecule has 1 amide bonds. The van der Waals surface area contributed by atoms with E-state index in [1.807, 2.05) is 60.7 Å². The van der Waals surface area contributed by atoms with Gasteiger partial charge in [-0.05, 0) is 17.7 Å². The molecule has 0 aliphatic rings. The van der Waals surface area contributed by atoms with Crippen LogP contribution in [0.1, 0.15) is 11.1 Å². The molecule has 24 heavy (non-hydrogen) atoms. The van der Waals surface area contributed by atoms with Gasteiger partial charge < -0.3 is 10.1 Å². The van der Waals surface area contributed by atoms with Gasteiger partial charge in [0.1, 0.15) is 6.61 Å². The zero-order valence-electron chi connectivity index (χ0n) is 13.0. The number of nitrogens with one attached hydrogen (secondary N) is 1. The van der Waals surface area contributed by atoms with E-state index in [2.05, 4.69) is 22.1 Å². The molecule has 0 fully saturated rings.